The fourth-order valence-corrected chi connectivity index (χ4v) is 1.63. The van der Waals surface area contributed by atoms with E-state index in [0.717, 1.165) is 6.20 Å². The van der Waals surface area contributed by atoms with E-state index >= 15 is 0 Å². The maximum Gasteiger partial charge on any atom is 0.141 e. The van der Waals surface area contributed by atoms with Crippen LogP contribution in [0.3, 0.4) is 0 Å². The Morgan fingerprint density at radius 3 is 2.53 bits per heavy atom. The first-order valence-electron chi connectivity index (χ1n) is 4.95. The summed E-state index contributed by atoms with van der Waals surface area (Å²) in [4.78, 5) is 3.77. The molecular formula is C11H17FN2O. The van der Waals surface area contributed by atoms with E-state index in [2.05, 4.69) is 4.98 Å². The van der Waals surface area contributed by atoms with Crippen molar-refractivity contribution in [2.45, 2.75) is 26.0 Å². The number of nitrogens with two attached hydrogens (primary N) is 1. The maximum atomic E-state index is 12.9. The van der Waals surface area contributed by atoms with Crippen LogP contribution >= 0.6 is 0 Å². The molecule has 2 atom stereocenters. The average Bonchev–Trinajstić information content (AvgIpc) is 2.18. The molecule has 0 spiro atoms. The minimum Gasteiger partial charge on any atom is -0.379 e. The quantitative estimate of drug-likeness (QED) is 0.829. The minimum absolute atomic E-state index is 0.131. The number of ether oxygens (including phenoxy) is 1. The topological polar surface area (TPSA) is 48.1 Å². The van der Waals surface area contributed by atoms with Gasteiger partial charge in [-0.15, -0.1) is 0 Å². The zero-order chi connectivity index (χ0) is 11.4. The van der Waals surface area contributed by atoms with Crippen molar-refractivity contribution in [1.29, 1.82) is 0 Å². The number of halogens is 1. The second-order valence-corrected chi connectivity index (χ2v) is 3.91. The third kappa shape index (κ3) is 2.97. The zero-order valence-corrected chi connectivity index (χ0v) is 9.27. The second-order valence-electron chi connectivity index (χ2n) is 3.91. The van der Waals surface area contributed by atoms with Gasteiger partial charge in [-0.2, -0.15) is 0 Å². The lowest BCUT2D eigenvalue weighted by Gasteiger charge is -2.25. The largest absolute Gasteiger partial charge is 0.379 e. The first-order valence-corrected chi connectivity index (χ1v) is 4.95. The first-order chi connectivity index (χ1) is 7.06. The first kappa shape index (κ1) is 12.1. The highest BCUT2D eigenvalue weighted by atomic mass is 19.1. The van der Waals surface area contributed by atoms with Crippen molar-refractivity contribution in [3.8, 4) is 0 Å². The summed E-state index contributed by atoms with van der Waals surface area (Å²) in [6, 6.07) is 1.05. The van der Waals surface area contributed by atoms with Gasteiger partial charge in [0.25, 0.3) is 0 Å². The summed E-state index contributed by atoms with van der Waals surface area (Å²) in [6.07, 6.45) is 2.60. The molecule has 0 aliphatic heterocycles. The van der Waals surface area contributed by atoms with Gasteiger partial charge in [-0.1, -0.05) is 13.8 Å². The summed E-state index contributed by atoms with van der Waals surface area (Å²) in [5, 5.41) is 0. The van der Waals surface area contributed by atoms with Crippen molar-refractivity contribution in [3.05, 3.63) is 29.8 Å². The minimum atomic E-state index is -0.374. The summed E-state index contributed by atoms with van der Waals surface area (Å²) < 4.78 is 18.2. The average molecular weight is 212 g/mol. The molecular weight excluding hydrogens is 195 g/mol. The number of aromatic nitrogens is 1. The third-order valence-corrected chi connectivity index (χ3v) is 2.39. The molecule has 4 heteroatoms. The highest BCUT2D eigenvalue weighted by molar-refractivity contribution is 5.16. The van der Waals surface area contributed by atoms with Crippen molar-refractivity contribution in [1.82, 2.24) is 4.98 Å². The number of methoxy groups -OCH3 is 1. The van der Waals surface area contributed by atoms with Crippen LogP contribution in [-0.2, 0) is 4.74 Å². The highest BCUT2D eigenvalue weighted by Crippen LogP contribution is 2.21. The van der Waals surface area contributed by atoms with Crippen molar-refractivity contribution in [3.63, 3.8) is 0 Å². The van der Waals surface area contributed by atoms with Gasteiger partial charge < -0.3 is 10.5 Å². The Bertz CT molecular complexity index is 317. The normalized spacial score (nSPS) is 15.3. The van der Waals surface area contributed by atoms with Crippen LogP contribution in [0.4, 0.5) is 4.39 Å². The molecule has 0 saturated carbocycles. The van der Waals surface area contributed by atoms with Crippen LogP contribution in [-0.4, -0.2) is 18.2 Å². The van der Waals surface area contributed by atoms with Gasteiger partial charge in [0, 0.05) is 13.3 Å². The van der Waals surface area contributed by atoms with E-state index in [4.69, 9.17) is 10.5 Å². The highest BCUT2D eigenvalue weighted by Gasteiger charge is 2.22. The monoisotopic (exact) mass is 212 g/mol. The number of hydrogen-bond acceptors (Lipinski definition) is 3. The van der Waals surface area contributed by atoms with Crippen LogP contribution in [0.5, 0.6) is 0 Å². The lowest BCUT2D eigenvalue weighted by molar-refractivity contribution is 0.0435. The molecule has 0 aliphatic carbocycles. The Morgan fingerprint density at radius 2 is 2.07 bits per heavy atom. The van der Waals surface area contributed by atoms with Gasteiger partial charge in [-0.25, -0.2) is 4.39 Å². The van der Waals surface area contributed by atoms with Crippen molar-refractivity contribution < 1.29 is 9.13 Å². The van der Waals surface area contributed by atoms with Gasteiger partial charge >= 0.3 is 0 Å². The maximum absolute atomic E-state index is 12.9. The smallest absolute Gasteiger partial charge is 0.141 e. The molecule has 1 aromatic heterocycles. The van der Waals surface area contributed by atoms with Crippen LogP contribution in [0.2, 0.25) is 0 Å². The molecule has 0 amide bonds. The van der Waals surface area contributed by atoms with Gasteiger partial charge in [0.05, 0.1) is 18.3 Å². The Labute approximate surface area is 89.5 Å². The van der Waals surface area contributed by atoms with E-state index in [1.54, 1.807) is 13.3 Å². The van der Waals surface area contributed by atoms with E-state index in [1.807, 2.05) is 13.8 Å². The van der Waals surface area contributed by atoms with Crippen LogP contribution in [0, 0.1) is 11.7 Å². The van der Waals surface area contributed by atoms with Gasteiger partial charge in [-0.3, -0.25) is 4.98 Å². The predicted molar refractivity (Wildman–Crippen MR) is 56.8 cm³/mol. The molecule has 0 fully saturated rings. The summed E-state index contributed by atoms with van der Waals surface area (Å²) in [7, 11) is 1.61. The standard InChI is InChI=1S/C11H17FN2O/c1-7(2)11(15-3)10(13)8-4-9(12)6-14-5-8/h4-7,10-11H,13H2,1-3H3. The third-order valence-electron chi connectivity index (χ3n) is 2.39. The summed E-state index contributed by atoms with van der Waals surface area (Å²) in [5.74, 6) is -0.102. The number of nitrogens with zero attached hydrogens (tertiary/aromatic N) is 1. The summed E-state index contributed by atoms with van der Waals surface area (Å²) in [6.45, 7) is 4.03. The molecule has 0 aromatic carbocycles. The van der Waals surface area contributed by atoms with Gasteiger partial charge in [-0.05, 0) is 17.5 Å². The van der Waals surface area contributed by atoms with Gasteiger partial charge in [0.2, 0.25) is 0 Å². The van der Waals surface area contributed by atoms with Gasteiger partial charge in [0.1, 0.15) is 5.82 Å². The van der Waals surface area contributed by atoms with Crippen LogP contribution < -0.4 is 5.73 Å². The van der Waals surface area contributed by atoms with Crippen LogP contribution in [0.1, 0.15) is 25.5 Å². The Hall–Kier alpha value is -1.00. The molecule has 0 radical (unpaired) electrons. The molecule has 0 saturated heterocycles. The van der Waals surface area contributed by atoms with Crippen LogP contribution in [0.15, 0.2) is 18.5 Å². The second kappa shape index (κ2) is 5.19. The van der Waals surface area contributed by atoms with E-state index < -0.39 is 0 Å². The molecule has 0 bridgehead atoms. The Morgan fingerprint density at radius 1 is 1.40 bits per heavy atom. The zero-order valence-electron chi connectivity index (χ0n) is 9.27. The van der Waals surface area contributed by atoms with Gasteiger partial charge in [0.15, 0.2) is 0 Å². The molecule has 1 rings (SSSR count). The number of rotatable bonds is 4. The molecule has 1 heterocycles. The predicted octanol–water partition coefficient (Wildman–Crippen LogP) is 1.89. The lowest BCUT2D eigenvalue weighted by atomic mass is 9.95. The number of hydrogen-bond donors (Lipinski definition) is 1. The number of pyridine rings is 1. The van der Waals surface area contributed by atoms with E-state index in [0.29, 0.717) is 5.56 Å². The fourth-order valence-electron chi connectivity index (χ4n) is 1.63. The lowest BCUT2D eigenvalue weighted by Crippen LogP contribution is -2.32. The van der Waals surface area contributed by atoms with Crippen molar-refractivity contribution in [2.75, 3.05) is 7.11 Å². The Kier molecular flexibility index (Phi) is 4.17. The molecule has 0 aliphatic rings. The molecule has 3 nitrogen and oxygen atoms in total. The molecule has 2 N–H and O–H groups in total. The van der Waals surface area contributed by atoms with E-state index in [1.165, 1.54) is 6.07 Å². The molecule has 84 valence electrons. The molecule has 2 unspecified atom stereocenters. The summed E-state index contributed by atoms with van der Waals surface area (Å²) >= 11 is 0. The van der Waals surface area contributed by atoms with Crippen LogP contribution in [0.25, 0.3) is 0 Å². The SMILES string of the molecule is COC(C(C)C)C(N)c1cncc(F)c1. The molecule has 15 heavy (non-hydrogen) atoms. The summed E-state index contributed by atoms with van der Waals surface area (Å²) in [5.41, 5.74) is 6.65. The van der Waals surface area contributed by atoms with Crippen molar-refractivity contribution >= 4 is 0 Å². The fraction of sp³-hybridized carbons (Fsp3) is 0.545. The Balaban J connectivity index is 2.87. The van der Waals surface area contributed by atoms with Crippen molar-refractivity contribution in [2.24, 2.45) is 11.7 Å². The molecule has 1 aromatic rings. The van der Waals surface area contributed by atoms with E-state index in [-0.39, 0.29) is 23.9 Å². The van der Waals surface area contributed by atoms with E-state index in [9.17, 15) is 4.39 Å².